The maximum Gasteiger partial charge on any atom is 0.225 e. The van der Waals surface area contributed by atoms with E-state index in [0.717, 1.165) is 25.2 Å². The highest BCUT2D eigenvalue weighted by Gasteiger charge is 2.15. The van der Waals surface area contributed by atoms with Crippen LogP contribution in [0, 0.1) is 0 Å². The first-order chi connectivity index (χ1) is 8.79. The number of anilines is 1. The molecule has 98 valence electrons. The Labute approximate surface area is 107 Å². The molecule has 1 fully saturated rings. The molecule has 1 aromatic rings. The van der Waals surface area contributed by atoms with Crippen molar-refractivity contribution in [2.24, 2.45) is 0 Å². The lowest BCUT2D eigenvalue weighted by molar-refractivity contribution is -0.120. The zero-order valence-corrected chi connectivity index (χ0v) is 10.6. The number of hydrogen-bond donors (Lipinski definition) is 2. The minimum absolute atomic E-state index is 0.0984. The van der Waals surface area contributed by atoms with Crippen LogP contribution in [0.3, 0.4) is 0 Å². The van der Waals surface area contributed by atoms with Crippen molar-refractivity contribution in [3.8, 4) is 0 Å². The van der Waals surface area contributed by atoms with Crippen LogP contribution in [-0.4, -0.2) is 42.1 Å². The molecule has 2 rings (SSSR count). The van der Waals surface area contributed by atoms with Gasteiger partial charge in [-0.05, 0) is 6.54 Å². The van der Waals surface area contributed by atoms with Gasteiger partial charge < -0.3 is 15.5 Å². The van der Waals surface area contributed by atoms with Gasteiger partial charge in [0.15, 0.2) is 0 Å². The van der Waals surface area contributed by atoms with Crippen LogP contribution in [0.15, 0.2) is 12.4 Å². The van der Waals surface area contributed by atoms with Crippen LogP contribution in [0.5, 0.6) is 0 Å². The van der Waals surface area contributed by atoms with Crippen LogP contribution < -0.4 is 15.5 Å². The molecule has 1 aliphatic rings. The van der Waals surface area contributed by atoms with Crippen molar-refractivity contribution >= 4 is 11.9 Å². The zero-order valence-electron chi connectivity index (χ0n) is 10.6. The van der Waals surface area contributed by atoms with E-state index < -0.39 is 0 Å². The maximum atomic E-state index is 11.2. The minimum Gasteiger partial charge on any atom is -0.354 e. The van der Waals surface area contributed by atoms with Gasteiger partial charge in [0.1, 0.15) is 0 Å². The van der Waals surface area contributed by atoms with Crippen molar-refractivity contribution in [1.29, 1.82) is 0 Å². The molecule has 0 bridgehead atoms. The topological polar surface area (TPSA) is 70.2 Å². The lowest BCUT2D eigenvalue weighted by Gasteiger charge is -2.19. The van der Waals surface area contributed by atoms with E-state index in [9.17, 15) is 4.79 Å². The average molecular weight is 249 g/mol. The van der Waals surface area contributed by atoms with Crippen LogP contribution in [0.1, 0.15) is 18.9 Å². The molecule has 0 aromatic carbocycles. The van der Waals surface area contributed by atoms with Crippen molar-refractivity contribution in [1.82, 2.24) is 20.6 Å². The highest BCUT2D eigenvalue weighted by atomic mass is 16.1. The van der Waals surface area contributed by atoms with Crippen molar-refractivity contribution in [2.75, 3.05) is 31.1 Å². The average Bonchev–Trinajstić information content (AvgIpc) is 2.62. The number of nitrogens with zero attached hydrogens (tertiary/aromatic N) is 3. The minimum atomic E-state index is 0.0984. The quantitative estimate of drug-likeness (QED) is 0.780. The summed E-state index contributed by atoms with van der Waals surface area (Å²) < 4.78 is 0. The summed E-state index contributed by atoms with van der Waals surface area (Å²) in [5.41, 5.74) is 1.07. The van der Waals surface area contributed by atoms with E-state index in [1.54, 1.807) is 0 Å². The van der Waals surface area contributed by atoms with Crippen LogP contribution in [0.25, 0.3) is 0 Å². The van der Waals surface area contributed by atoms with Gasteiger partial charge in [-0.2, -0.15) is 0 Å². The molecule has 18 heavy (non-hydrogen) atoms. The first-order valence-electron chi connectivity index (χ1n) is 6.33. The number of rotatable bonds is 4. The normalized spacial score (nSPS) is 16.3. The fourth-order valence-electron chi connectivity index (χ4n) is 1.84. The maximum absolute atomic E-state index is 11.2. The summed E-state index contributed by atoms with van der Waals surface area (Å²) in [4.78, 5) is 22.0. The van der Waals surface area contributed by atoms with Crippen molar-refractivity contribution in [3.63, 3.8) is 0 Å². The molecule has 0 unspecified atom stereocenters. The SMILES string of the molecule is CCNCc1cnc(N2CCNC(=O)CC2)nc1. The zero-order chi connectivity index (χ0) is 12.8. The number of nitrogens with one attached hydrogen (secondary N) is 2. The monoisotopic (exact) mass is 249 g/mol. The second-order valence-corrected chi connectivity index (χ2v) is 4.26. The van der Waals surface area contributed by atoms with Crippen molar-refractivity contribution in [3.05, 3.63) is 18.0 Å². The van der Waals surface area contributed by atoms with Crippen LogP contribution in [-0.2, 0) is 11.3 Å². The Balaban J connectivity index is 1.97. The Morgan fingerprint density at radius 2 is 2.17 bits per heavy atom. The predicted molar refractivity (Wildman–Crippen MR) is 69.3 cm³/mol. The summed E-state index contributed by atoms with van der Waals surface area (Å²) in [6.07, 6.45) is 4.18. The predicted octanol–water partition coefficient (Wildman–Crippen LogP) is -0.0876. The van der Waals surface area contributed by atoms with Gasteiger partial charge in [0, 0.05) is 50.6 Å². The van der Waals surface area contributed by atoms with Gasteiger partial charge in [0.25, 0.3) is 0 Å². The van der Waals surface area contributed by atoms with Crippen LogP contribution in [0.2, 0.25) is 0 Å². The molecule has 2 N–H and O–H groups in total. The lowest BCUT2D eigenvalue weighted by atomic mass is 10.3. The summed E-state index contributed by atoms with van der Waals surface area (Å²) in [5.74, 6) is 0.799. The van der Waals surface area contributed by atoms with Gasteiger partial charge in [-0.1, -0.05) is 6.92 Å². The van der Waals surface area contributed by atoms with Gasteiger partial charge >= 0.3 is 0 Å². The second-order valence-electron chi connectivity index (χ2n) is 4.26. The largest absolute Gasteiger partial charge is 0.354 e. The van der Waals surface area contributed by atoms with Gasteiger partial charge in [-0.25, -0.2) is 9.97 Å². The molecule has 6 heteroatoms. The molecule has 0 saturated carbocycles. The summed E-state index contributed by atoms with van der Waals surface area (Å²) in [5, 5.41) is 6.07. The molecule has 1 aromatic heterocycles. The molecule has 0 atom stereocenters. The van der Waals surface area contributed by atoms with Crippen molar-refractivity contribution in [2.45, 2.75) is 19.9 Å². The number of carbonyl (C=O) groups excluding carboxylic acids is 1. The molecule has 1 amide bonds. The molecule has 0 aliphatic carbocycles. The third-order valence-corrected chi connectivity index (χ3v) is 2.87. The molecule has 1 aliphatic heterocycles. The smallest absolute Gasteiger partial charge is 0.225 e. The van der Waals surface area contributed by atoms with E-state index in [2.05, 4.69) is 27.5 Å². The van der Waals surface area contributed by atoms with Gasteiger partial charge in [-0.3, -0.25) is 4.79 Å². The summed E-state index contributed by atoms with van der Waals surface area (Å²) in [6, 6.07) is 0. The third-order valence-electron chi connectivity index (χ3n) is 2.87. The van der Waals surface area contributed by atoms with Gasteiger partial charge in [-0.15, -0.1) is 0 Å². The summed E-state index contributed by atoms with van der Waals surface area (Å²) in [6.45, 7) is 5.88. The van der Waals surface area contributed by atoms with E-state index in [1.807, 2.05) is 17.3 Å². The summed E-state index contributed by atoms with van der Waals surface area (Å²) in [7, 11) is 0. The van der Waals surface area contributed by atoms with Gasteiger partial charge in [0.05, 0.1) is 0 Å². The number of aromatic nitrogens is 2. The number of carbonyl (C=O) groups is 1. The Hall–Kier alpha value is -1.69. The molecule has 0 spiro atoms. The lowest BCUT2D eigenvalue weighted by Crippen LogP contribution is -2.29. The molecule has 2 heterocycles. The number of amides is 1. The van der Waals surface area contributed by atoms with E-state index in [4.69, 9.17) is 0 Å². The fraction of sp³-hybridized carbons (Fsp3) is 0.583. The fourth-order valence-corrected chi connectivity index (χ4v) is 1.84. The molecule has 1 saturated heterocycles. The Bertz CT molecular complexity index is 392. The second kappa shape index (κ2) is 6.30. The van der Waals surface area contributed by atoms with Crippen LogP contribution in [0.4, 0.5) is 5.95 Å². The Morgan fingerprint density at radius 3 is 2.89 bits per heavy atom. The van der Waals surface area contributed by atoms with Gasteiger partial charge in [0.2, 0.25) is 11.9 Å². The van der Waals surface area contributed by atoms with E-state index in [0.29, 0.717) is 25.5 Å². The Kier molecular flexibility index (Phi) is 4.46. The van der Waals surface area contributed by atoms with E-state index >= 15 is 0 Å². The Morgan fingerprint density at radius 1 is 1.39 bits per heavy atom. The van der Waals surface area contributed by atoms with Crippen molar-refractivity contribution < 1.29 is 4.79 Å². The molecular weight excluding hydrogens is 230 g/mol. The van der Waals surface area contributed by atoms with Crippen LogP contribution >= 0.6 is 0 Å². The highest BCUT2D eigenvalue weighted by molar-refractivity contribution is 5.76. The highest BCUT2D eigenvalue weighted by Crippen LogP contribution is 2.08. The third kappa shape index (κ3) is 3.40. The summed E-state index contributed by atoms with van der Waals surface area (Å²) >= 11 is 0. The molecule has 6 nitrogen and oxygen atoms in total. The van der Waals surface area contributed by atoms with E-state index in [1.165, 1.54) is 0 Å². The number of hydrogen-bond acceptors (Lipinski definition) is 5. The molecule has 0 radical (unpaired) electrons. The first-order valence-corrected chi connectivity index (χ1v) is 6.33. The standard InChI is InChI=1S/C12H19N5O/c1-2-13-7-10-8-15-12(16-9-10)17-5-3-11(18)14-4-6-17/h8-9,13H,2-7H2,1H3,(H,14,18). The first kappa shape index (κ1) is 12.8. The molecular formula is C12H19N5O. The van der Waals surface area contributed by atoms with E-state index in [-0.39, 0.29) is 5.91 Å².